The molecule has 0 saturated heterocycles. The van der Waals surface area contributed by atoms with Gasteiger partial charge in [-0.2, -0.15) is 5.26 Å². The number of nitriles is 1. The zero-order chi connectivity index (χ0) is 14.8. The van der Waals surface area contributed by atoms with Gasteiger partial charge in [0, 0.05) is 15.7 Å². The minimum Gasteiger partial charge on any atom is -0.278 e. The van der Waals surface area contributed by atoms with E-state index in [2.05, 4.69) is 25.6 Å². The average Bonchev–Trinajstić information content (AvgIpc) is 2.42. The van der Waals surface area contributed by atoms with Crippen LogP contribution >= 0.6 is 27.5 Å². The molecule has 0 aliphatic rings. The number of aromatic nitrogens is 1. The van der Waals surface area contributed by atoms with Crippen LogP contribution in [-0.4, -0.2) is 13.4 Å². The van der Waals surface area contributed by atoms with Crippen LogP contribution < -0.4 is 4.72 Å². The van der Waals surface area contributed by atoms with E-state index in [-0.39, 0.29) is 10.6 Å². The Morgan fingerprint density at radius 2 is 2.10 bits per heavy atom. The summed E-state index contributed by atoms with van der Waals surface area (Å²) < 4.78 is 27.4. The molecule has 1 aromatic carbocycles. The molecule has 102 valence electrons. The molecular formula is C12H7BrClN3O2S. The van der Waals surface area contributed by atoms with Crippen LogP contribution in [0.3, 0.4) is 0 Å². The molecular weight excluding hydrogens is 366 g/mol. The van der Waals surface area contributed by atoms with E-state index in [1.54, 1.807) is 18.2 Å². The molecule has 0 unspecified atom stereocenters. The predicted molar refractivity (Wildman–Crippen MR) is 78.9 cm³/mol. The summed E-state index contributed by atoms with van der Waals surface area (Å²) in [7, 11) is -3.90. The zero-order valence-electron chi connectivity index (χ0n) is 9.84. The summed E-state index contributed by atoms with van der Waals surface area (Å²) in [6, 6.07) is 9.15. The van der Waals surface area contributed by atoms with Crippen molar-refractivity contribution >= 4 is 43.2 Å². The van der Waals surface area contributed by atoms with Crippen LogP contribution in [0.25, 0.3) is 0 Å². The van der Waals surface area contributed by atoms with E-state index in [4.69, 9.17) is 16.9 Å². The number of nitrogens with one attached hydrogen (secondary N) is 1. The second kappa shape index (κ2) is 5.79. The zero-order valence-corrected chi connectivity index (χ0v) is 13.0. The van der Waals surface area contributed by atoms with Gasteiger partial charge in [0.05, 0.1) is 5.69 Å². The minimum atomic E-state index is -3.90. The van der Waals surface area contributed by atoms with Gasteiger partial charge in [-0.15, -0.1) is 0 Å². The molecule has 0 aliphatic carbocycles. The molecule has 0 atom stereocenters. The van der Waals surface area contributed by atoms with Gasteiger partial charge in [-0.25, -0.2) is 13.4 Å². The van der Waals surface area contributed by atoms with E-state index in [0.717, 1.165) is 0 Å². The molecule has 1 aromatic heterocycles. The van der Waals surface area contributed by atoms with Crippen LogP contribution in [0.1, 0.15) is 5.69 Å². The lowest BCUT2D eigenvalue weighted by Gasteiger charge is -2.10. The number of benzene rings is 1. The molecule has 0 saturated carbocycles. The summed E-state index contributed by atoms with van der Waals surface area (Å²) in [5, 5.41) is 9.38. The molecule has 0 spiro atoms. The predicted octanol–water partition coefficient (Wildman–Crippen LogP) is 3.17. The smallest absolute Gasteiger partial charge is 0.264 e. The van der Waals surface area contributed by atoms with Gasteiger partial charge in [-0.1, -0.05) is 11.6 Å². The van der Waals surface area contributed by atoms with Crippen molar-refractivity contribution in [3.63, 3.8) is 0 Å². The van der Waals surface area contributed by atoms with Crippen LogP contribution in [-0.2, 0) is 10.0 Å². The van der Waals surface area contributed by atoms with Crippen LogP contribution in [0.15, 0.2) is 45.9 Å². The Balaban J connectivity index is 2.44. The molecule has 2 rings (SSSR count). The van der Waals surface area contributed by atoms with Crippen molar-refractivity contribution < 1.29 is 8.42 Å². The largest absolute Gasteiger partial charge is 0.278 e. The van der Waals surface area contributed by atoms with Crippen molar-refractivity contribution in [1.29, 1.82) is 5.26 Å². The van der Waals surface area contributed by atoms with Gasteiger partial charge >= 0.3 is 0 Å². The van der Waals surface area contributed by atoms with Gasteiger partial charge < -0.3 is 0 Å². The maximum absolute atomic E-state index is 12.3. The Kier molecular flexibility index (Phi) is 4.28. The number of sulfonamides is 1. The summed E-state index contributed by atoms with van der Waals surface area (Å²) in [5.74, 6) is 0. The molecule has 0 amide bonds. The highest BCUT2D eigenvalue weighted by Crippen LogP contribution is 2.28. The number of hydrogen-bond acceptors (Lipinski definition) is 4. The lowest BCUT2D eigenvalue weighted by Crippen LogP contribution is -2.15. The normalized spacial score (nSPS) is 10.8. The van der Waals surface area contributed by atoms with Crippen molar-refractivity contribution in [2.75, 3.05) is 4.72 Å². The molecule has 0 radical (unpaired) electrons. The Hall–Kier alpha value is -1.62. The first-order valence-corrected chi connectivity index (χ1v) is 7.92. The highest BCUT2D eigenvalue weighted by Gasteiger charge is 2.20. The van der Waals surface area contributed by atoms with Crippen molar-refractivity contribution in [2.45, 2.75) is 4.90 Å². The third-order valence-corrected chi connectivity index (χ3v) is 4.63. The molecule has 20 heavy (non-hydrogen) atoms. The molecule has 0 fully saturated rings. The standard InChI is InChI=1S/C12H7BrClN3O2S/c13-9-6-8(14)3-4-10(9)17-20(18,19)12-2-1-5-16-11(12)7-15/h1-6,17H. The van der Waals surface area contributed by atoms with Crippen molar-refractivity contribution in [3.8, 4) is 6.07 Å². The molecule has 5 nitrogen and oxygen atoms in total. The maximum Gasteiger partial charge on any atom is 0.264 e. The number of anilines is 1. The van der Waals surface area contributed by atoms with Gasteiger partial charge in [-0.05, 0) is 46.3 Å². The Labute approximate surface area is 129 Å². The fraction of sp³-hybridized carbons (Fsp3) is 0. The summed E-state index contributed by atoms with van der Waals surface area (Å²) >= 11 is 9.01. The minimum absolute atomic E-state index is 0.162. The summed E-state index contributed by atoms with van der Waals surface area (Å²) in [5.41, 5.74) is 0.159. The van der Waals surface area contributed by atoms with E-state index in [0.29, 0.717) is 15.2 Å². The first-order valence-electron chi connectivity index (χ1n) is 5.27. The summed E-state index contributed by atoms with van der Waals surface area (Å²) in [4.78, 5) is 3.55. The van der Waals surface area contributed by atoms with E-state index in [1.165, 1.54) is 24.4 Å². The number of rotatable bonds is 3. The quantitative estimate of drug-likeness (QED) is 0.897. The van der Waals surface area contributed by atoms with Gasteiger partial charge in [0.25, 0.3) is 10.0 Å². The summed E-state index contributed by atoms with van der Waals surface area (Å²) in [6.45, 7) is 0. The summed E-state index contributed by atoms with van der Waals surface area (Å²) in [6.07, 6.45) is 1.36. The van der Waals surface area contributed by atoms with E-state index in [1.807, 2.05) is 0 Å². The Morgan fingerprint density at radius 3 is 2.75 bits per heavy atom. The van der Waals surface area contributed by atoms with Crippen molar-refractivity contribution in [2.24, 2.45) is 0 Å². The third-order valence-electron chi connectivity index (χ3n) is 2.34. The monoisotopic (exact) mass is 371 g/mol. The van der Waals surface area contributed by atoms with Gasteiger partial charge in [0.1, 0.15) is 11.0 Å². The Bertz CT molecular complexity index is 803. The lowest BCUT2D eigenvalue weighted by molar-refractivity contribution is 0.600. The second-order valence-corrected chi connectivity index (χ2v) is 6.63. The average molecular weight is 373 g/mol. The van der Waals surface area contributed by atoms with Crippen LogP contribution in [0.2, 0.25) is 5.02 Å². The van der Waals surface area contributed by atoms with Crippen LogP contribution in [0.5, 0.6) is 0 Å². The maximum atomic E-state index is 12.3. The fourth-order valence-electron chi connectivity index (χ4n) is 1.46. The molecule has 2 aromatic rings. The second-order valence-electron chi connectivity index (χ2n) is 3.69. The van der Waals surface area contributed by atoms with Gasteiger partial charge in [-0.3, -0.25) is 4.72 Å². The first-order chi connectivity index (χ1) is 9.44. The number of hydrogen-bond donors (Lipinski definition) is 1. The van der Waals surface area contributed by atoms with E-state index < -0.39 is 10.0 Å². The number of halogens is 2. The lowest BCUT2D eigenvalue weighted by atomic mass is 10.3. The Morgan fingerprint density at radius 1 is 1.35 bits per heavy atom. The van der Waals surface area contributed by atoms with Gasteiger partial charge in [0.15, 0.2) is 5.69 Å². The molecule has 0 bridgehead atoms. The fourth-order valence-corrected chi connectivity index (χ4v) is 3.56. The van der Waals surface area contributed by atoms with Gasteiger partial charge in [0.2, 0.25) is 0 Å². The van der Waals surface area contributed by atoms with E-state index in [9.17, 15) is 8.42 Å². The van der Waals surface area contributed by atoms with Crippen molar-refractivity contribution in [3.05, 3.63) is 51.7 Å². The number of nitrogens with zero attached hydrogens (tertiary/aromatic N) is 2. The topological polar surface area (TPSA) is 82.8 Å². The molecule has 1 heterocycles. The van der Waals surface area contributed by atoms with Crippen molar-refractivity contribution in [1.82, 2.24) is 4.98 Å². The number of pyridine rings is 1. The highest BCUT2D eigenvalue weighted by molar-refractivity contribution is 9.10. The molecule has 1 N–H and O–H groups in total. The third kappa shape index (κ3) is 3.10. The molecule has 0 aliphatic heterocycles. The SMILES string of the molecule is N#Cc1ncccc1S(=O)(=O)Nc1ccc(Cl)cc1Br. The van der Waals surface area contributed by atoms with Crippen LogP contribution in [0, 0.1) is 11.3 Å². The highest BCUT2D eigenvalue weighted by atomic mass is 79.9. The first kappa shape index (κ1) is 14.8. The van der Waals surface area contributed by atoms with Crippen LogP contribution in [0.4, 0.5) is 5.69 Å². The van der Waals surface area contributed by atoms with E-state index >= 15 is 0 Å². The molecule has 8 heteroatoms.